The molecule has 0 atom stereocenters. The fourth-order valence-corrected chi connectivity index (χ4v) is 3.44. The number of fused-ring (bicyclic) bond motifs is 1. The largest absolute Gasteiger partial charge is 0.504 e. The molecule has 0 unspecified atom stereocenters. The lowest BCUT2D eigenvalue weighted by Crippen LogP contribution is -2.20. The van der Waals surface area contributed by atoms with Crippen LogP contribution in [0.25, 0.3) is 22.3 Å². The lowest BCUT2D eigenvalue weighted by Gasteiger charge is -2.12. The molecule has 1 heterocycles. The Morgan fingerprint density at radius 1 is 1.12 bits per heavy atom. The maximum Gasteiger partial charge on any atom is 0.416 e. The second-order valence-corrected chi connectivity index (χ2v) is 7.37. The quantitative estimate of drug-likeness (QED) is 0.406. The number of benzene rings is 3. The molecular formula is C23H15ClF3N3O3. The van der Waals surface area contributed by atoms with E-state index in [0.29, 0.717) is 5.52 Å². The average molecular weight is 474 g/mol. The molecule has 4 aromatic rings. The summed E-state index contributed by atoms with van der Waals surface area (Å²) in [6, 6.07) is 13.6. The summed E-state index contributed by atoms with van der Waals surface area (Å²) in [5.74, 6) is -0.284. The van der Waals surface area contributed by atoms with Crippen LogP contribution >= 0.6 is 11.6 Å². The zero-order valence-electron chi connectivity index (χ0n) is 17.0. The number of ether oxygens (including phenoxy) is 1. The molecule has 33 heavy (non-hydrogen) atoms. The van der Waals surface area contributed by atoms with Gasteiger partial charge in [0.05, 0.1) is 29.8 Å². The standard InChI is InChI=1S/C23H15ClF3N3O3/c1-33-19-11-16(24)10-14(20(19)31)12-28-30-21(13-5-4-6-15(9-13)23(25,26)27)29-18-8-3-2-7-17(18)22(30)32/h2-12,31H,1H3. The first-order valence-electron chi connectivity index (χ1n) is 9.49. The predicted molar refractivity (Wildman–Crippen MR) is 119 cm³/mol. The highest BCUT2D eigenvalue weighted by molar-refractivity contribution is 6.31. The van der Waals surface area contributed by atoms with Gasteiger partial charge < -0.3 is 9.84 Å². The van der Waals surface area contributed by atoms with Gasteiger partial charge in [-0.15, -0.1) is 0 Å². The first kappa shape index (κ1) is 22.3. The molecule has 168 valence electrons. The molecule has 0 aliphatic heterocycles. The van der Waals surface area contributed by atoms with Crippen molar-refractivity contribution in [3.8, 4) is 22.9 Å². The number of nitrogens with zero attached hydrogens (tertiary/aromatic N) is 3. The number of phenolic OH excluding ortho intramolecular Hbond substituents is 1. The third kappa shape index (κ3) is 4.40. The fraction of sp³-hybridized carbons (Fsp3) is 0.0870. The van der Waals surface area contributed by atoms with E-state index in [1.54, 1.807) is 18.2 Å². The highest BCUT2D eigenvalue weighted by Crippen LogP contribution is 2.33. The van der Waals surface area contributed by atoms with E-state index in [1.807, 2.05) is 0 Å². The lowest BCUT2D eigenvalue weighted by molar-refractivity contribution is -0.137. The van der Waals surface area contributed by atoms with Crippen molar-refractivity contribution in [3.05, 3.63) is 87.2 Å². The predicted octanol–water partition coefficient (Wildman–Crippen LogP) is 5.33. The van der Waals surface area contributed by atoms with E-state index < -0.39 is 17.3 Å². The monoisotopic (exact) mass is 473 g/mol. The Hall–Kier alpha value is -3.85. The Balaban J connectivity index is 1.95. The smallest absolute Gasteiger partial charge is 0.416 e. The van der Waals surface area contributed by atoms with E-state index in [1.165, 1.54) is 37.4 Å². The third-order valence-corrected chi connectivity index (χ3v) is 5.02. The van der Waals surface area contributed by atoms with Gasteiger partial charge in [0.2, 0.25) is 0 Å². The number of rotatable bonds is 4. The number of para-hydroxylation sites is 1. The molecule has 1 N–H and O–H groups in total. The fourth-order valence-electron chi connectivity index (χ4n) is 3.22. The Morgan fingerprint density at radius 3 is 2.61 bits per heavy atom. The summed E-state index contributed by atoms with van der Waals surface area (Å²) in [7, 11) is 1.34. The van der Waals surface area contributed by atoms with Gasteiger partial charge >= 0.3 is 6.18 Å². The van der Waals surface area contributed by atoms with Crippen LogP contribution in [0.15, 0.2) is 70.6 Å². The Kier molecular flexibility index (Phi) is 5.82. The summed E-state index contributed by atoms with van der Waals surface area (Å²) >= 11 is 6.04. The first-order chi connectivity index (χ1) is 15.7. The van der Waals surface area contributed by atoms with Crippen molar-refractivity contribution in [2.75, 3.05) is 7.11 Å². The van der Waals surface area contributed by atoms with E-state index in [2.05, 4.69) is 10.1 Å². The number of hydrogen-bond donors (Lipinski definition) is 1. The van der Waals surface area contributed by atoms with Crippen LogP contribution in [0.5, 0.6) is 11.5 Å². The third-order valence-electron chi connectivity index (χ3n) is 4.80. The van der Waals surface area contributed by atoms with Crippen LogP contribution < -0.4 is 10.3 Å². The maximum absolute atomic E-state index is 13.3. The minimum absolute atomic E-state index is 0.0396. The molecule has 3 aromatic carbocycles. The number of phenols is 1. The summed E-state index contributed by atoms with van der Waals surface area (Å²) in [5.41, 5.74) is -1.02. The SMILES string of the molecule is COc1cc(Cl)cc(C=Nn2c(-c3cccc(C(F)(F)F)c3)nc3ccccc3c2=O)c1O. The molecule has 0 aliphatic carbocycles. The van der Waals surface area contributed by atoms with Crippen LogP contribution in [0.1, 0.15) is 11.1 Å². The van der Waals surface area contributed by atoms with Crippen LogP contribution in [-0.4, -0.2) is 28.1 Å². The molecule has 0 bridgehead atoms. The van der Waals surface area contributed by atoms with Gasteiger partial charge in [-0.2, -0.15) is 22.9 Å². The van der Waals surface area contributed by atoms with Gasteiger partial charge in [0.25, 0.3) is 5.56 Å². The van der Waals surface area contributed by atoms with Gasteiger partial charge in [-0.1, -0.05) is 35.9 Å². The lowest BCUT2D eigenvalue weighted by atomic mass is 10.1. The Labute approximate surface area is 190 Å². The highest BCUT2D eigenvalue weighted by atomic mass is 35.5. The molecule has 10 heteroatoms. The molecule has 0 fully saturated rings. The van der Waals surface area contributed by atoms with Gasteiger partial charge in [-0.05, 0) is 30.3 Å². The van der Waals surface area contributed by atoms with Crippen LogP contribution in [0.4, 0.5) is 13.2 Å². The highest BCUT2D eigenvalue weighted by Gasteiger charge is 2.31. The minimum atomic E-state index is -4.58. The van der Waals surface area contributed by atoms with E-state index in [4.69, 9.17) is 16.3 Å². The summed E-state index contributed by atoms with van der Waals surface area (Å²) in [5, 5.41) is 14.9. The van der Waals surface area contributed by atoms with Gasteiger partial charge in [0.1, 0.15) is 0 Å². The van der Waals surface area contributed by atoms with Crippen molar-refractivity contribution in [1.82, 2.24) is 9.66 Å². The number of methoxy groups -OCH3 is 1. The summed E-state index contributed by atoms with van der Waals surface area (Å²) < 4.78 is 45.7. The number of alkyl halides is 3. The maximum atomic E-state index is 13.3. The molecule has 0 saturated carbocycles. The van der Waals surface area contributed by atoms with Crippen LogP contribution in [-0.2, 0) is 6.18 Å². The first-order valence-corrected chi connectivity index (χ1v) is 9.87. The minimum Gasteiger partial charge on any atom is -0.504 e. The van der Waals surface area contributed by atoms with Gasteiger partial charge in [0, 0.05) is 22.2 Å². The van der Waals surface area contributed by atoms with Crippen LogP contribution in [0.2, 0.25) is 5.02 Å². The molecular weight excluding hydrogens is 459 g/mol. The van der Waals surface area contributed by atoms with Crippen molar-refractivity contribution in [2.24, 2.45) is 5.10 Å². The van der Waals surface area contributed by atoms with Gasteiger partial charge in [-0.3, -0.25) is 4.79 Å². The second-order valence-electron chi connectivity index (χ2n) is 6.94. The Morgan fingerprint density at radius 2 is 1.88 bits per heavy atom. The zero-order chi connectivity index (χ0) is 23.8. The number of halogens is 4. The van der Waals surface area contributed by atoms with E-state index in [-0.39, 0.29) is 38.9 Å². The second kappa shape index (κ2) is 8.59. The zero-order valence-corrected chi connectivity index (χ0v) is 17.7. The van der Waals surface area contributed by atoms with Crippen molar-refractivity contribution in [3.63, 3.8) is 0 Å². The van der Waals surface area contributed by atoms with E-state index in [0.717, 1.165) is 23.0 Å². The summed E-state index contributed by atoms with van der Waals surface area (Å²) in [6.45, 7) is 0. The van der Waals surface area contributed by atoms with Crippen molar-refractivity contribution < 1.29 is 23.0 Å². The van der Waals surface area contributed by atoms with Crippen LogP contribution in [0, 0.1) is 0 Å². The van der Waals surface area contributed by atoms with E-state index >= 15 is 0 Å². The van der Waals surface area contributed by atoms with Gasteiger partial charge in [-0.25, -0.2) is 4.98 Å². The van der Waals surface area contributed by atoms with Crippen molar-refractivity contribution >= 4 is 28.7 Å². The summed E-state index contributed by atoms with van der Waals surface area (Å²) in [4.78, 5) is 17.6. The van der Waals surface area contributed by atoms with Crippen molar-refractivity contribution in [2.45, 2.75) is 6.18 Å². The molecule has 4 rings (SSSR count). The number of hydrogen-bond acceptors (Lipinski definition) is 5. The van der Waals surface area contributed by atoms with Crippen molar-refractivity contribution in [1.29, 1.82) is 0 Å². The molecule has 0 radical (unpaired) electrons. The molecule has 0 spiro atoms. The molecule has 0 saturated heterocycles. The number of aromatic nitrogens is 2. The van der Waals surface area contributed by atoms with Crippen LogP contribution in [0.3, 0.4) is 0 Å². The molecule has 0 amide bonds. The normalized spacial score (nSPS) is 11.9. The Bertz CT molecular complexity index is 1450. The average Bonchev–Trinajstić information content (AvgIpc) is 2.79. The number of aromatic hydroxyl groups is 1. The van der Waals surface area contributed by atoms with Gasteiger partial charge in [0.15, 0.2) is 17.3 Å². The molecule has 1 aromatic heterocycles. The molecule has 0 aliphatic rings. The molecule has 6 nitrogen and oxygen atoms in total. The van der Waals surface area contributed by atoms with E-state index in [9.17, 15) is 23.1 Å². The topological polar surface area (TPSA) is 76.7 Å². The summed E-state index contributed by atoms with van der Waals surface area (Å²) in [6.07, 6.45) is -3.43.